The molecule has 2 rings (SSSR count). The Morgan fingerprint density at radius 1 is 1.18 bits per heavy atom. The molecule has 2 aliphatic carbocycles. The highest BCUT2D eigenvalue weighted by molar-refractivity contribution is 6.23. The Labute approximate surface area is 131 Å². The second-order valence-electron chi connectivity index (χ2n) is 6.17. The Morgan fingerprint density at radius 2 is 1.68 bits per heavy atom. The van der Waals surface area contributed by atoms with Gasteiger partial charge in [0.25, 0.3) is 0 Å². The number of ketones is 2. The summed E-state index contributed by atoms with van der Waals surface area (Å²) in [7, 11) is 2.75. The maximum atomic E-state index is 12.7. The molecule has 0 amide bonds. The molecule has 0 aromatic carbocycles. The largest absolute Gasteiger partial charge is 0.489 e. The van der Waals surface area contributed by atoms with Gasteiger partial charge in [0, 0.05) is 11.1 Å². The molecule has 4 nitrogen and oxygen atoms in total. The number of rotatable bonds is 4. The molecule has 22 heavy (non-hydrogen) atoms. The molecule has 118 valence electrons. The summed E-state index contributed by atoms with van der Waals surface area (Å²) in [6.07, 6.45) is 2.79. The molecular weight excluding hydrogens is 280 g/mol. The third-order valence-corrected chi connectivity index (χ3v) is 4.76. The normalized spacial score (nSPS) is 28.5. The van der Waals surface area contributed by atoms with Crippen LogP contribution >= 0.6 is 0 Å². The summed E-state index contributed by atoms with van der Waals surface area (Å²) in [6, 6.07) is 0. The van der Waals surface area contributed by atoms with Gasteiger partial charge in [0.05, 0.1) is 14.2 Å². The molecule has 0 unspecified atom stereocenters. The van der Waals surface area contributed by atoms with E-state index in [-0.39, 0.29) is 34.4 Å². The van der Waals surface area contributed by atoms with Crippen LogP contribution in [0.2, 0.25) is 0 Å². The van der Waals surface area contributed by atoms with Crippen LogP contribution in [0.25, 0.3) is 0 Å². The zero-order valence-corrected chi connectivity index (χ0v) is 13.6. The van der Waals surface area contributed by atoms with Gasteiger partial charge < -0.3 is 9.47 Å². The predicted octanol–water partition coefficient (Wildman–Crippen LogP) is 3.12. The molecule has 0 bridgehead atoms. The van der Waals surface area contributed by atoms with Crippen LogP contribution in [-0.2, 0) is 19.1 Å². The monoisotopic (exact) mass is 302 g/mol. The van der Waals surface area contributed by atoms with Crippen molar-refractivity contribution in [3.05, 3.63) is 47.5 Å². The van der Waals surface area contributed by atoms with Crippen LogP contribution < -0.4 is 0 Å². The lowest BCUT2D eigenvalue weighted by atomic mass is 9.61. The number of ether oxygens (including phenoxy) is 2. The maximum absolute atomic E-state index is 12.7. The summed E-state index contributed by atoms with van der Waals surface area (Å²) in [5.74, 6) is -0.462. The lowest BCUT2D eigenvalue weighted by Gasteiger charge is -2.42. The van der Waals surface area contributed by atoms with Crippen molar-refractivity contribution in [1.29, 1.82) is 0 Å². The van der Waals surface area contributed by atoms with Gasteiger partial charge in [-0.15, -0.1) is 6.58 Å². The Kier molecular flexibility index (Phi) is 4.14. The number of allylic oxidation sites excluding steroid dienone is 4. The molecule has 0 radical (unpaired) electrons. The van der Waals surface area contributed by atoms with Gasteiger partial charge in [-0.25, -0.2) is 0 Å². The lowest BCUT2D eigenvalue weighted by molar-refractivity contribution is -0.122. The highest BCUT2D eigenvalue weighted by Gasteiger charge is 2.46. The molecule has 0 heterocycles. The van der Waals surface area contributed by atoms with Crippen LogP contribution in [0.5, 0.6) is 0 Å². The summed E-state index contributed by atoms with van der Waals surface area (Å²) in [5, 5.41) is 0. The fraction of sp³-hybridized carbons (Fsp3) is 0.444. The van der Waals surface area contributed by atoms with Crippen molar-refractivity contribution in [2.24, 2.45) is 11.3 Å². The Morgan fingerprint density at radius 3 is 2.09 bits per heavy atom. The van der Waals surface area contributed by atoms with Crippen LogP contribution in [0.15, 0.2) is 47.5 Å². The van der Waals surface area contributed by atoms with E-state index in [0.717, 1.165) is 5.57 Å². The lowest BCUT2D eigenvalue weighted by Crippen LogP contribution is -2.38. The second kappa shape index (κ2) is 5.59. The van der Waals surface area contributed by atoms with E-state index in [0.29, 0.717) is 24.0 Å². The maximum Gasteiger partial charge on any atom is 0.228 e. The Balaban J connectivity index is 2.57. The van der Waals surface area contributed by atoms with Crippen molar-refractivity contribution in [3.63, 3.8) is 0 Å². The molecule has 0 aromatic heterocycles. The number of Topliss-reactive ketones (excluding diaryl/α,β-unsaturated/α-hetero) is 2. The standard InChI is InChI=1S/C18H22O4/c1-7-18(4)9-12-11(8-13(18)10(2)3)14(19)16(21-5)17(22-6)15(12)20/h7,13H,1-2,8-9H2,3-6H3/t13-,18-/m0/s1. The van der Waals surface area contributed by atoms with Crippen LogP contribution in [-0.4, -0.2) is 25.8 Å². The first-order chi connectivity index (χ1) is 10.3. The van der Waals surface area contributed by atoms with E-state index in [1.54, 1.807) is 0 Å². The average molecular weight is 302 g/mol. The minimum Gasteiger partial charge on any atom is -0.489 e. The van der Waals surface area contributed by atoms with Crippen LogP contribution in [0.4, 0.5) is 0 Å². The quantitative estimate of drug-likeness (QED) is 0.591. The van der Waals surface area contributed by atoms with Crippen LogP contribution in [0.3, 0.4) is 0 Å². The van der Waals surface area contributed by atoms with Gasteiger partial charge >= 0.3 is 0 Å². The van der Waals surface area contributed by atoms with Gasteiger partial charge in [-0.3, -0.25) is 9.59 Å². The third-order valence-electron chi connectivity index (χ3n) is 4.76. The summed E-state index contributed by atoms with van der Waals surface area (Å²) < 4.78 is 10.2. The number of carbonyl (C=O) groups is 2. The molecular formula is C18H22O4. The fourth-order valence-corrected chi connectivity index (χ4v) is 3.42. The van der Waals surface area contributed by atoms with E-state index < -0.39 is 0 Å². The first-order valence-electron chi connectivity index (χ1n) is 7.23. The zero-order valence-electron chi connectivity index (χ0n) is 13.6. The number of hydrogen-bond donors (Lipinski definition) is 0. The molecule has 0 aliphatic heterocycles. The van der Waals surface area contributed by atoms with E-state index in [4.69, 9.17) is 9.47 Å². The van der Waals surface area contributed by atoms with E-state index in [2.05, 4.69) is 13.2 Å². The number of carbonyl (C=O) groups excluding carboxylic acids is 2. The van der Waals surface area contributed by atoms with Crippen molar-refractivity contribution in [2.45, 2.75) is 26.7 Å². The molecule has 2 aliphatic rings. The van der Waals surface area contributed by atoms with Crippen molar-refractivity contribution in [2.75, 3.05) is 14.2 Å². The second-order valence-corrected chi connectivity index (χ2v) is 6.17. The highest BCUT2D eigenvalue weighted by Crippen LogP contribution is 2.50. The minimum absolute atomic E-state index is 0.00563. The van der Waals surface area contributed by atoms with Gasteiger partial charge in [-0.05, 0) is 31.1 Å². The number of methoxy groups -OCH3 is 2. The number of hydrogen-bond acceptors (Lipinski definition) is 4. The molecule has 0 aromatic rings. The SMILES string of the molecule is C=C[C@@]1(C)CC2=C(C[C@H]1C(=C)C)C(=O)C(OC)=C(OC)C2=O. The molecule has 0 saturated carbocycles. The summed E-state index contributed by atoms with van der Waals surface area (Å²) in [5.41, 5.74) is 1.72. The molecule has 0 fully saturated rings. The molecule has 0 saturated heterocycles. The highest BCUT2D eigenvalue weighted by atomic mass is 16.5. The molecule has 2 atom stereocenters. The van der Waals surface area contributed by atoms with Crippen molar-refractivity contribution < 1.29 is 19.1 Å². The van der Waals surface area contributed by atoms with Crippen molar-refractivity contribution in [1.82, 2.24) is 0 Å². The van der Waals surface area contributed by atoms with E-state index in [9.17, 15) is 9.59 Å². The van der Waals surface area contributed by atoms with Crippen molar-refractivity contribution in [3.8, 4) is 0 Å². The van der Waals surface area contributed by atoms with Crippen molar-refractivity contribution >= 4 is 11.6 Å². The summed E-state index contributed by atoms with van der Waals surface area (Å²) in [6.45, 7) is 11.9. The zero-order chi connectivity index (χ0) is 16.7. The van der Waals surface area contributed by atoms with Crippen LogP contribution in [0.1, 0.15) is 26.7 Å². The molecule has 0 N–H and O–H groups in total. The molecule has 0 spiro atoms. The first kappa shape index (κ1) is 16.3. The van der Waals surface area contributed by atoms with E-state index in [1.165, 1.54) is 14.2 Å². The van der Waals surface area contributed by atoms with E-state index >= 15 is 0 Å². The third kappa shape index (κ3) is 2.23. The van der Waals surface area contributed by atoms with Gasteiger partial charge in [0.15, 0.2) is 0 Å². The summed E-state index contributed by atoms with van der Waals surface area (Å²) in [4.78, 5) is 25.3. The minimum atomic E-state index is -0.302. The molecule has 4 heteroatoms. The van der Waals surface area contributed by atoms with E-state index in [1.807, 2.05) is 19.9 Å². The average Bonchev–Trinajstić information content (AvgIpc) is 2.49. The fourth-order valence-electron chi connectivity index (χ4n) is 3.42. The smallest absolute Gasteiger partial charge is 0.228 e. The van der Waals surface area contributed by atoms with Gasteiger partial charge in [0.2, 0.25) is 23.1 Å². The Hall–Kier alpha value is -2.10. The topological polar surface area (TPSA) is 52.6 Å². The Bertz CT molecular complexity index is 635. The first-order valence-corrected chi connectivity index (χ1v) is 7.23. The van der Waals surface area contributed by atoms with Gasteiger partial charge in [-0.1, -0.05) is 25.2 Å². The van der Waals surface area contributed by atoms with Gasteiger partial charge in [-0.2, -0.15) is 0 Å². The van der Waals surface area contributed by atoms with Gasteiger partial charge in [0.1, 0.15) is 0 Å². The van der Waals surface area contributed by atoms with Crippen LogP contribution in [0, 0.1) is 11.3 Å². The summed E-state index contributed by atoms with van der Waals surface area (Å²) >= 11 is 0. The predicted molar refractivity (Wildman–Crippen MR) is 83.9 cm³/mol.